The van der Waals surface area contributed by atoms with Gasteiger partial charge in [0.15, 0.2) is 17.5 Å². The van der Waals surface area contributed by atoms with Crippen LogP contribution in [0.5, 0.6) is 0 Å². The summed E-state index contributed by atoms with van der Waals surface area (Å²) in [5.41, 5.74) is 9.51. The first-order valence-electron chi connectivity index (χ1n) is 16.8. The van der Waals surface area contributed by atoms with Gasteiger partial charge in [0.2, 0.25) is 0 Å². The molecule has 0 aliphatic rings. The van der Waals surface area contributed by atoms with Crippen molar-refractivity contribution in [2.75, 3.05) is 0 Å². The van der Waals surface area contributed by atoms with Crippen molar-refractivity contribution in [2.24, 2.45) is 0 Å². The smallest absolute Gasteiger partial charge is 0.164 e. The molecule has 0 bridgehead atoms. The number of hydrogen-bond acceptors (Lipinski definition) is 3. The van der Waals surface area contributed by atoms with Gasteiger partial charge in [-0.2, -0.15) is 0 Å². The Bertz CT molecular complexity index is 2860. The fraction of sp³-hybridized carbons (Fsp3) is 0. The zero-order valence-electron chi connectivity index (χ0n) is 27.0. The molecule has 0 saturated carbocycles. The maximum atomic E-state index is 5.05. The minimum absolute atomic E-state index is 0.622. The minimum Gasteiger partial charge on any atom is -0.308 e. The molecule has 5 heteroatoms. The molecule has 0 spiro atoms. The van der Waals surface area contributed by atoms with Crippen LogP contribution >= 0.6 is 0 Å². The van der Waals surface area contributed by atoms with E-state index in [0.29, 0.717) is 17.5 Å². The molecule has 0 unspecified atom stereocenters. The number of rotatable bonds is 4. The second-order valence-corrected chi connectivity index (χ2v) is 12.5. The van der Waals surface area contributed by atoms with Crippen molar-refractivity contribution in [2.45, 2.75) is 0 Å². The van der Waals surface area contributed by atoms with Gasteiger partial charge in [-0.25, -0.2) is 15.0 Å². The zero-order chi connectivity index (χ0) is 33.0. The van der Waals surface area contributed by atoms with Crippen molar-refractivity contribution in [3.63, 3.8) is 0 Å². The second-order valence-electron chi connectivity index (χ2n) is 12.5. The van der Waals surface area contributed by atoms with E-state index < -0.39 is 0 Å². The van der Waals surface area contributed by atoms with E-state index in [1.54, 1.807) is 0 Å². The van der Waals surface area contributed by atoms with E-state index in [1.165, 1.54) is 32.6 Å². The van der Waals surface area contributed by atoms with Crippen molar-refractivity contribution >= 4 is 49.1 Å². The number of fused-ring (bicyclic) bond motifs is 7. The van der Waals surface area contributed by atoms with E-state index in [1.807, 2.05) is 60.7 Å². The van der Waals surface area contributed by atoms with Gasteiger partial charge in [0.1, 0.15) is 0 Å². The van der Waals surface area contributed by atoms with Crippen LogP contribution in [-0.4, -0.2) is 23.9 Å². The van der Waals surface area contributed by atoms with E-state index in [0.717, 1.165) is 38.9 Å². The summed E-state index contributed by atoms with van der Waals surface area (Å²) in [7, 11) is 0. The van der Waals surface area contributed by atoms with E-state index in [-0.39, 0.29) is 0 Å². The Morgan fingerprint density at radius 2 is 0.760 bits per heavy atom. The van der Waals surface area contributed by atoms with Crippen LogP contribution in [0.25, 0.3) is 89.0 Å². The lowest BCUT2D eigenvalue weighted by atomic mass is 10.1. The molecule has 0 atom stereocenters. The van der Waals surface area contributed by atoms with Gasteiger partial charge >= 0.3 is 0 Å². The van der Waals surface area contributed by atoms with Crippen LogP contribution in [0.1, 0.15) is 0 Å². The zero-order valence-corrected chi connectivity index (χ0v) is 27.0. The summed E-state index contributed by atoms with van der Waals surface area (Å²) in [4.78, 5) is 15.0. The first-order valence-corrected chi connectivity index (χ1v) is 16.8. The van der Waals surface area contributed by atoms with Crippen molar-refractivity contribution < 1.29 is 0 Å². The summed E-state index contributed by atoms with van der Waals surface area (Å²) in [6.07, 6.45) is 0. The Balaban J connectivity index is 1.30. The SMILES string of the molecule is c1ccc(-c2nc(-c3ccccc3)nc(-c3cccc(-n4c5ccccc5c5cccc6c7ccccc7n(c7ccccc74)c56)c3)n2)cc1. The van der Waals surface area contributed by atoms with Crippen LogP contribution in [0.3, 0.4) is 0 Å². The molecule has 10 aromatic rings. The van der Waals surface area contributed by atoms with Gasteiger partial charge in [0.05, 0.1) is 27.6 Å². The van der Waals surface area contributed by atoms with Crippen molar-refractivity contribution in [1.29, 1.82) is 0 Å². The van der Waals surface area contributed by atoms with E-state index >= 15 is 0 Å². The summed E-state index contributed by atoms with van der Waals surface area (Å²) in [6.45, 7) is 0. The number of nitrogens with zero attached hydrogens (tertiary/aromatic N) is 5. The third kappa shape index (κ3) is 4.45. The normalized spacial score (nSPS) is 11.6. The molecular formula is C45H29N5. The molecule has 0 amide bonds. The van der Waals surface area contributed by atoms with Crippen LogP contribution in [0.4, 0.5) is 0 Å². The van der Waals surface area contributed by atoms with Gasteiger partial charge in [0, 0.05) is 43.9 Å². The van der Waals surface area contributed by atoms with Crippen LogP contribution in [0.15, 0.2) is 176 Å². The summed E-state index contributed by atoms with van der Waals surface area (Å²) in [5.74, 6) is 1.90. The molecule has 5 nitrogen and oxygen atoms in total. The molecule has 0 N–H and O–H groups in total. The monoisotopic (exact) mass is 639 g/mol. The number of aromatic nitrogens is 5. The number of benzene rings is 7. The molecule has 7 aromatic carbocycles. The highest BCUT2D eigenvalue weighted by molar-refractivity contribution is 6.20. The highest BCUT2D eigenvalue weighted by Crippen LogP contribution is 2.37. The lowest BCUT2D eigenvalue weighted by Crippen LogP contribution is -2.03. The Kier molecular flexibility index (Phi) is 6.42. The lowest BCUT2D eigenvalue weighted by molar-refractivity contribution is 1.07. The number of hydrogen-bond donors (Lipinski definition) is 0. The Morgan fingerprint density at radius 1 is 0.320 bits per heavy atom. The van der Waals surface area contributed by atoms with Gasteiger partial charge in [-0.15, -0.1) is 0 Å². The standard InChI is InChI=1S/C45H29N5/c1-3-15-30(16-4-1)43-46-44(31-17-5-2-6-18-31)48-45(47-43)32-19-13-20-33(29-32)49-38-25-9-7-21-34(38)36-23-14-24-37-35-22-8-10-26-39(35)50(42(36)37)41-28-12-11-27-40(41)49/h1-29H. The van der Waals surface area contributed by atoms with Gasteiger partial charge < -0.3 is 8.97 Å². The summed E-state index contributed by atoms with van der Waals surface area (Å²) >= 11 is 0. The molecular weight excluding hydrogens is 611 g/mol. The molecule has 0 fully saturated rings. The Labute approximate surface area is 288 Å². The van der Waals surface area contributed by atoms with Crippen LogP contribution in [0.2, 0.25) is 0 Å². The van der Waals surface area contributed by atoms with E-state index in [4.69, 9.17) is 15.0 Å². The van der Waals surface area contributed by atoms with E-state index in [9.17, 15) is 0 Å². The van der Waals surface area contributed by atoms with Crippen molar-refractivity contribution in [3.05, 3.63) is 176 Å². The minimum atomic E-state index is 0.622. The molecule has 0 aliphatic heterocycles. The highest BCUT2D eigenvalue weighted by atomic mass is 15.0. The molecule has 3 aromatic heterocycles. The topological polar surface area (TPSA) is 48.0 Å². The summed E-state index contributed by atoms with van der Waals surface area (Å²) in [6, 6.07) is 61.6. The highest BCUT2D eigenvalue weighted by Gasteiger charge is 2.17. The molecule has 50 heavy (non-hydrogen) atoms. The molecule has 234 valence electrons. The molecule has 3 heterocycles. The quantitative estimate of drug-likeness (QED) is 0.192. The van der Waals surface area contributed by atoms with Gasteiger partial charge in [-0.05, 0) is 36.4 Å². The number of para-hydroxylation sites is 5. The molecule has 0 radical (unpaired) electrons. The third-order valence-corrected chi connectivity index (χ3v) is 9.56. The van der Waals surface area contributed by atoms with Gasteiger partial charge in [-0.3, -0.25) is 0 Å². The fourth-order valence-electron chi connectivity index (χ4n) is 7.35. The molecule has 10 rings (SSSR count). The van der Waals surface area contributed by atoms with Crippen LogP contribution in [-0.2, 0) is 0 Å². The van der Waals surface area contributed by atoms with E-state index in [2.05, 4.69) is 124 Å². The largest absolute Gasteiger partial charge is 0.308 e. The van der Waals surface area contributed by atoms with Gasteiger partial charge in [-0.1, -0.05) is 140 Å². The van der Waals surface area contributed by atoms with Crippen molar-refractivity contribution in [3.8, 4) is 39.9 Å². The Morgan fingerprint density at radius 3 is 1.40 bits per heavy atom. The fourth-order valence-corrected chi connectivity index (χ4v) is 7.35. The first-order chi connectivity index (χ1) is 24.8. The molecule has 0 saturated heterocycles. The van der Waals surface area contributed by atoms with Crippen LogP contribution < -0.4 is 0 Å². The summed E-state index contributed by atoms with van der Waals surface area (Å²) < 4.78 is 4.81. The van der Waals surface area contributed by atoms with Crippen molar-refractivity contribution in [1.82, 2.24) is 23.9 Å². The lowest BCUT2D eigenvalue weighted by Gasteiger charge is -2.17. The average molecular weight is 640 g/mol. The molecule has 0 aliphatic carbocycles. The van der Waals surface area contributed by atoms with Crippen LogP contribution in [0, 0.1) is 0 Å². The second kappa shape index (κ2) is 11.4. The predicted octanol–water partition coefficient (Wildman–Crippen LogP) is 11.1. The average Bonchev–Trinajstić information content (AvgIpc) is 3.53. The predicted molar refractivity (Wildman–Crippen MR) is 205 cm³/mol. The van der Waals surface area contributed by atoms with Gasteiger partial charge in [0.25, 0.3) is 0 Å². The maximum Gasteiger partial charge on any atom is 0.164 e. The third-order valence-electron chi connectivity index (χ3n) is 9.56. The Hall–Kier alpha value is -6.85. The summed E-state index contributed by atoms with van der Waals surface area (Å²) in [5, 5.41) is 4.85. The first kappa shape index (κ1) is 28.2. The maximum absolute atomic E-state index is 5.05.